The molecule has 0 aliphatic heterocycles. The quantitative estimate of drug-likeness (QED) is 0.742. The van der Waals surface area contributed by atoms with Crippen LogP contribution in [0.25, 0.3) is 0 Å². The Morgan fingerprint density at radius 2 is 2.20 bits per heavy atom. The third-order valence-electron chi connectivity index (χ3n) is 2.83. The van der Waals surface area contributed by atoms with Crippen molar-refractivity contribution in [3.05, 3.63) is 23.8 Å². The van der Waals surface area contributed by atoms with Crippen molar-refractivity contribution in [3.8, 4) is 5.75 Å². The van der Waals surface area contributed by atoms with E-state index in [1.807, 2.05) is 24.9 Å². The molecule has 0 aliphatic rings. The van der Waals surface area contributed by atoms with Crippen LogP contribution in [0.4, 0.5) is 5.69 Å². The molecule has 0 aliphatic carbocycles. The van der Waals surface area contributed by atoms with Gasteiger partial charge in [-0.1, -0.05) is 19.1 Å². The minimum absolute atomic E-state index is 0.0361. The lowest BCUT2D eigenvalue weighted by atomic mass is 10.1. The second kappa shape index (κ2) is 7.69. The van der Waals surface area contributed by atoms with Crippen LogP contribution in [0.15, 0.2) is 18.2 Å². The average molecular weight is 295 g/mol. The van der Waals surface area contributed by atoms with Crippen LogP contribution in [0, 0.1) is 0 Å². The molecule has 0 fully saturated rings. The van der Waals surface area contributed by atoms with Crippen molar-refractivity contribution < 1.29 is 9.53 Å². The maximum absolute atomic E-state index is 11.8. The van der Waals surface area contributed by atoms with Crippen LogP contribution in [0.5, 0.6) is 5.75 Å². The van der Waals surface area contributed by atoms with Gasteiger partial charge in [0.2, 0.25) is 5.91 Å². The predicted octanol–water partition coefficient (Wildman–Crippen LogP) is 1.29. The number of hydrogen-bond acceptors (Lipinski definition) is 4. The van der Waals surface area contributed by atoms with E-state index in [1.54, 1.807) is 19.2 Å². The van der Waals surface area contributed by atoms with Crippen molar-refractivity contribution >= 4 is 28.8 Å². The molecule has 5 nitrogen and oxygen atoms in total. The monoisotopic (exact) mass is 295 g/mol. The van der Waals surface area contributed by atoms with Crippen molar-refractivity contribution in [1.82, 2.24) is 5.32 Å². The molecule has 0 saturated heterocycles. The van der Waals surface area contributed by atoms with Gasteiger partial charge in [0.25, 0.3) is 0 Å². The van der Waals surface area contributed by atoms with Gasteiger partial charge in [0.15, 0.2) is 0 Å². The van der Waals surface area contributed by atoms with Gasteiger partial charge in [0.05, 0.1) is 19.3 Å². The fourth-order valence-corrected chi connectivity index (χ4v) is 1.96. The highest BCUT2D eigenvalue weighted by Crippen LogP contribution is 2.25. The van der Waals surface area contributed by atoms with Gasteiger partial charge >= 0.3 is 0 Å². The highest BCUT2D eigenvalue weighted by molar-refractivity contribution is 7.80. The summed E-state index contributed by atoms with van der Waals surface area (Å²) in [4.78, 5) is 13.9. The molecule has 1 aromatic rings. The summed E-state index contributed by atoms with van der Waals surface area (Å²) in [6.45, 7) is 2.92. The first-order chi connectivity index (χ1) is 9.49. The van der Waals surface area contributed by atoms with Crippen molar-refractivity contribution in [2.24, 2.45) is 5.73 Å². The first kappa shape index (κ1) is 16.2. The van der Waals surface area contributed by atoms with Gasteiger partial charge < -0.3 is 20.7 Å². The van der Waals surface area contributed by atoms with E-state index in [-0.39, 0.29) is 12.5 Å². The molecule has 110 valence electrons. The van der Waals surface area contributed by atoms with E-state index in [1.165, 1.54) is 0 Å². The minimum atomic E-state index is -0.0361. The Morgan fingerprint density at radius 1 is 1.50 bits per heavy atom. The summed E-state index contributed by atoms with van der Waals surface area (Å²) in [6.07, 6.45) is 0.909. The molecule has 0 aromatic heterocycles. The summed E-state index contributed by atoms with van der Waals surface area (Å²) in [5, 5.41) is 2.83. The summed E-state index contributed by atoms with van der Waals surface area (Å²) in [5.41, 5.74) is 7.23. The Bertz CT molecular complexity index is 491. The number of thiocarbonyl (C=S) groups is 1. The maximum Gasteiger partial charge on any atom is 0.239 e. The molecule has 0 atom stereocenters. The van der Waals surface area contributed by atoms with E-state index >= 15 is 0 Å². The largest absolute Gasteiger partial charge is 0.497 e. The number of ether oxygens (including phenoxy) is 1. The van der Waals surface area contributed by atoms with Crippen LogP contribution in [0.1, 0.15) is 18.9 Å². The summed E-state index contributed by atoms with van der Waals surface area (Å²) in [5.74, 6) is 0.659. The number of nitrogens with two attached hydrogens (primary N) is 1. The third-order valence-corrected chi connectivity index (χ3v) is 3.05. The molecule has 0 unspecified atom stereocenters. The molecular formula is C14H21N3O2S. The smallest absolute Gasteiger partial charge is 0.239 e. The molecule has 3 N–H and O–H groups in total. The van der Waals surface area contributed by atoms with Crippen LogP contribution in [-0.4, -0.2) is 38.1 Å². The summed E-state index contributed by atoms with van der Waals surface area (Å²) in [6, 6.07) is 5.42. The number of rotatable bonds is 7. The number of amides is 1. The Balaban J connectivity index is 2.92. The zero-order valence-corrected chi connectivity index (χ0v) is 12.9. The van der Waals surface area contributed by atoms with Crippen LogP contribution in [0.3, 0.4) is 0 Å². The van der Waals surface area contributed by atoms with Crippen molar-refractivity contribution in [3.63, 3.8) is 0 Å². The standard InChI is InChI=1S/C14H21N3O2S/c1-4-7-16-13(18)9-17(2)12-8-10(19-3)5-6-11(12)14(15)20/h5-6,8H,4,7,9H2,1-3H3,(H2,15,20)(H,16,18). The number of nitrogens with one attached hydrogen (secondary N) is 1. The molecule has 1 aromatic carbocycles. The first-order valence-corrected chi connectivity index (χ1v) is 6.86. The summed E-state index contributed by atoms with van der Waals surface area (Å²) < 4.78 is 5.20. The fourth-order valence-electron chi connectivity index (χ4n) is 1.78. The number of carbonyl (C=O) groups excluding carboxylic acids is 1. The molecule has 0 heterocycles. The van der Waals surface area contributed by atoms with E-state index in [9.17, 15) is 4.79 Å². The van der Waals surface area contributed by atoms with Crippen molar-refractivity contribution in [2.75, 3.05) is 32.1 Å². The molecule has 0 saturated carbocycles. The lowest BCUT2D eigenvalue weighted by Gasteiger charge is -2.22. The lowest BCUT2D eigenvalue weighted by molar-refractivity contribution is -0.119. The predicted molar refractivity (Wildman–Crippen MR) is 85.5 cm³/mol. The van der Waals surface area contributed by atoms with Crippen molar-refractivity contribution in [1.29, 1.82) is 0 Å². The fraction of sp³-hybridized carbons (Fsp3) is 0.429. The molecule has 20 heavy (non-hydrogen) atoms. The van der Waals surface area contributed by atoms with Crippen molar-refractivity contribution in [2.45, 2.75) is 13.3 Å². The van der Waals surface area contributed by atoms with Crippen LogP contribution >= 0.6 is 12.2 Å². The van der Waals surface area contributed by atoms with Gasteiger partial charge in [0.1, 0.15) is 10.7 Å². The van der Waals surface area contributed by atoms with E-state index in [0.717, 1.165) is 17.7 Å². The number of hydrogen-bond donors (Lipinski definition) is 2. The van der Waals surface area contributed by atoms with Gasteiger partial charge in [-0.15, -0.1) is 0 Å². The zero-order chi connectivity index (χ0) is 15.1. The Hall–Kier alpha value is -1.82. The molecular weight excluding hydrogens is 274 g/mol. The van der Waals surface area contributed by atoms with Gasteiger partial charge in [-0.3, -0.25) is 4.79 Å². The van der Waals surface area contributed by atoms with E-state index in [0.29, 0.717) is 17.3 Å². The minimum Gasteiger partial charge on any atom is -0.497 e. The SMILES string of the molecule is CCCNC(=O)CN(C)c1cc(OC)ccc1C(N)=S. The van der Waals surface area contributed by atoms with E-state index < -0.39 is 0 Å². The number of benzene rings is 1. The number of carbonyl (C=O) groups is 1. The van der Waals surface area contributed by atoms with E-state index in [2.05, 4.69) is 5.32 Å². The Labute approximate surface area is 125 Å². The summed E-state index contributed by atoms with van der Waals surface area (Å²) >= 11 is 5.04. The molecule has 0 radical (unpaired) electrons. The summed E-state index contributed by atoms with van der Waals surface area (Å²) in [7, 11) is 3.41. The molecule has 1 amide bonds. The average Bonchev–Trinajstić information content (AvgIpc) is 2.44. The number of anilines is 1. The number of likely N-dealkylation sites (N-methyl/N-ethyl adjacent to an activating group) is 1. The molecule has 6 heteroatoms. The topological polar surface area (TPSA) is 67.6 Å². The number of nitrogens with zero attached hydrogens (tertiary/aromatic N) is 1. The number of methoxy groups -OCH3 is 1. The van der Waals surface area contributed by atoms with Gasteiger partial charge in [-0.2, -0.15) is 0 Å². The Kier molecular flexibility index (Phi) is 6.24. The molecule has 0 bridgehead atoms. The highest BCUT2D eigenvalue weighted by Gasteiger charge is 2.13. The molecule has 1 rings (SSSR count). The lowest BCUT2D eigenvalue weighted by Crippen LogP contribution is -2.36. The highest BCUT2D eigenvalue weighted by atomic mass is 32.1. The second-order valence-electron chi connectivity index (χ2n) is 4.45. The van der Waals surface area contributed by atoms with Crippen LogP contribution in [-0.2, 0) is 4.79 Å². The van der Waals surface area contributed by atoms with Crippen LogP contribution < -0.4 is 20.7 Å². The Morgan fingerprint density at radius 3 is 2.75 bits per heavy atom. The third kappa shape index (κ3) is 4.38. The van der Waals surface area contributed by atoms with Gasteiger partial charge in [-0.25, -0.2) is 0 Å². The van der Waals surface area contributed by atoms with E-state index in [4.69, 9.17) is 22.7 Å². The van der Waals surface area contributed by atoms with Gasteiger partial charge in [-0.05, 0) is 18.6 Å². The van der Waals surface area contributed by atoms with Crippen LogP contribution in [0.2, 0.25) is 0 Å². The first-order valence-electron chi connectivity index (χ1n) is 6.45. The second-order valence-corrected chi connectivity index (χ2v) is 4.89. The van der Waals surface area contributed by atoms with Gasteiger partial charge in [0, 0.05) is 25.2 Å². The zero-order valence-electron chi connectivity index (χ0n) is 12.1. The molecule has 0 spiro atoms. The maximum atomic E-state index is 11.8. The normalized spacial score (nSPS) is 9.95.